The average Bonchev–Trinajstić information content (AvgIpc) is 2.83. The standard InChI is InChI=1S/C13H13F3N2S/c1-2-8-3-5-9(6-4-8)12-18-11(13(14,15)16)10(7-17)19-12/h3-6H,2,7,17H2,1H3. The third kappa shape index (κ3) is 2.96. The molecule has 2 aromatic rings. The summed E-state index contributed by atoms with van der Waals surface area (Å²) >= 11 is 0.997. The summed E-state index contributed by atoms with van der Waals surface area (Å²) in [4.78, 5) is 3.76. The van der Waals surface area contributed by atoms with Gasteiger partial charge in [0.05, 0.1) is 4.88 Å². The highest BCUT2D eigenvalue weighted by Crippen LogP contribution is 2.37. The van der Waals surface area contributed by atoms with Gasteiger partial charge in [-0.1, -0.05) is 31.2 Å². The number of benzene rings is 1. The van der Waals surface area contributed by atoms with Gasteiger partial charge in [-0.2, -0.15) is 13.2 Å². The Kier molecular flexibility index (Phi) is 3.91. The summed E-state index contributed by atoms with van der Waals surface area (Å²) in [6.07, 6.45) is -3.56. The van der Waals surface area contributed by atoms with Gasteiger partial charge in [-0.15, -0.1) is 11.3 Å². The van der Waals surface area contributed by atoms with Crippen LogP contribution in [0.15, 0.2) is 24.3 Å². The van der Waals surface area contributed by atoms with Gasteiger partial charge in [-0.25, -0.2) is 4.98 Å². The molecule has 1 aromatic carbocycles. The molecule has 0 fully saturated rings. The van der Waals surface area contributed by atoms with Gasteiger partial charge in [-0.3, -0.25) is 0 Å². The monoisotopic (exact) mass is 286 g/mol. The van der Waals surface area contributed by atoms with Crippen molar-refractivity contribution in [2.45, 2.75) is 26.1 Å². The number of halogens is 3. The van der Waals surface area contributed by atoms with Crippen molar-refractivity contribution in [1.29, 1.82) is 0 Å². The zero-order chi connectivity index (χ0) is 14.0. The van der Waals surface area contributed by atoms with Crippen molar-refractivity contribution in [2.24, 2.45) is 5.73 Å². The SMILES string of the molecule is CCc1ccc(-c2nc(C(F)(F)F)c(CN)s2)cc1. The molecule has 0 bridgehead atoms. The van der Waals surface area contributed by atoms with E-state index in [1.807, 2.05) is 19.1 Å². The molecule has 0 saturated heterocycles. The van der Waals surface area contributed by atoms with Crippen LogP contribution in [0.4, 0.5) is 13.2 Å². The highest BCUT2D eigenvalue weighted by Gasteiger charge is 2.37. The summed E-state index contributed by atoms with van der Waals surface area (Å²) < 4.78 is 38.3. The van der Waals surface area contributed by atoms with Crippen molar-refractivity contribution in [3.63, 3.8) is 0 Å². The molecule has 2 N–H and O–H groups in total. The first-order valence-electron chi connectivity index (χ1n) is 5.82. The molecule has 1 heterocycles. The lowest BCUT2D eigenvalue weighted by Crippen LogP contribution is -2.10. The van der Waals surface area contributed by atoms with Crippen LogP contribution in [0, 0.1) is 0 Å². The number of aryl methyl sites for hydroxylation is 1. The molecule has 0 amide bonds. The highest BCUT2D eigenvalue weighted by molar-refractivity contribution is 7.15. The van der Waals surface area contributed by atoms with E-state index in [4.69, 9.17) is 5.73 Å². The Morgan fingerprint density at radius 3 is 2.26 bits per heavy atom. The van der Waals surface area contributed by atoms with E-state index in [2.05, 4.69) is 4.98 Å². The van der Waals surface area contributed by atoms with E-state index in [1.54, 1.807) is 12.1 Å². The van der Waals surface area contributed by atoms with Crippen LogP contribution in [0.5, 0.6) is 0 Å². The lowest BCUT2D eigenvalue weighted by molar-refractivity contribution is -0.141. The number of hydrogen-bond donors (Lipinski definition) is 1. The molecule has 1 aromatic heterocycles. The molecule has 0 saturated carbocycles. The zero-order valence-electron chi connectivity index (χ0n) is 10.3. The number of hydrogen-bond acceptors (Lipinski definition) is 3. The molecule has 6 heteroatoms. The van der Waals surface area contributed by atoms with Crippen LogP contribution in [-0.4, -0.2) is 4.98 Å². The average molecular weight is 286 g/mol. The fourth-order valence-corrected chi connectivity index (χ4v) is 2.68. The Bertz CT molecular complexity index is 558. The molecule has 0 aliphatic carbocycles. The largest absolute Gasteiger partial charge is 0.434 e. The number of nitrogens with two attached hydrogens (primary N) is 1. The predicted molar refractivity (Wildman–Crippen MR) is 69.8 cm³/mol. The van der Waals surface area contributed by atoms with Crippen LogP contribution in [0.2, 0.25) is 0 Å². The molecule has 0 radical (unpaired) electrons. The molecule has 2 rings (SSSR count). The smallest absolute Gasteiger partial charge is 0.326 e. The van der Waals surface area contributed by atoms with Gasteiger partial charge < -0.3 is 5.73 Å². The van der Waals surface area contributed by atoms with Crippen molar-refractivity contribution < 1.29 is 13.2 Å². The fourth-order valence-electron chi connectivity index (χ4n) is 1.72. The van der Waals surface area contributed by atoms with Crippen LogP contribution in [0.25, 0.3) is 10.6 Å². The first-order valence-corrected chi connectivity index (χ1v) is 6.63. The van der Waals surface area contributed by atoms with Gasteiger partial charge in [0.15, 0.2) is 5.69 Å². The minimum absolute atomic E-state index is 0.0714. The van der Waals surface area contributed by atoms with Crippen LogP contribution in [0.1, 0.15) is 23.1 Å². The van der Waals surface area contributed by atoms with Crippen LogP contribution in [-0.2, 0) is 19.1 Å². The topological polar surface area (TPSA) is 38.9 Å². The van der Waals surface area contributed by atoms with Crippen molar-refractivity contribution in [2.75, 3.05) is 0 Å². The summed E-state index contributed by atoms with van der Waals surface area (Å²) in [5.74, 6) is 0. The molecule has 0 unspecified atom stereocenters. The van der Waals surface area contributed by atoms with Gasteiger partial charge in [0.2, 0.25) is 0 Å². The molecule has 0 spiro atoms. The molecule has 2 nitrogen and oxygen atoms in total. The molecule has 19 heavy (non-hydrogen) atoms. The minimum Gasteiger partial charge on any atom is -0.326 e. The van der Waals surface area contributed by atoms with Crippen molar-refractivity contribution in [3.05, 3.63) is 40.4 Å². The fraction of sp³-hybridized carbons (Fsp3) is 0.308. The molecule has 0 aliphatic heterocycles. The molecule has 102 valence electrons. The Morgan fingerprint density at radius 1 is 1.21 bits per heavy atom. The second-order valence-corrected chi connectivity index (χ2v) is 5.13. The van der Waals surface area contributed by atoms with E-state index in [1.165, 1.54) is 0 Å². The second-order valence-electron chi connectivity index (χ2n) is 4.04. The second kappa shape index (κ2) is 5.30. The molecule has 0 aliphatic rings. The van der Waals surface area contributed by atoms with Crippen molar-refractivity contribution in [1.82, 2.24) is 4.98 Å². The van der Waals surface area contributed by atoms with E-state index in [0.717, 1.165) is 23.3 Å². The summed E-state index contributed by atoms with van der Waals surface area (Å²) in [6, 6.07) is 7.37. The van der Waals surface area contributed by atoms with Gasteiger partial charge in [-0.05, 0) is 12.0 Å². The van der Waals surface area contributed by atoms with Gasteiger partial charge >= 0.3 is 6.18 Å². The third-order valence-corrected chi connectivity index (χ3v) is 3.89. The quantitative estimate of drug-likeness (QED) is 0.930. The van der Waals surface area contributed by atoms with E-state index >= 15 is 0 Å². The summed E-state index contributed by atoms with van der Waals surface area (Å²) in [5.41, 5.74) is 6.31. The Hall–Kier alpha value is -1.40. The summed E-state index contributed by atoms with van der Waals surface area (Å²) in [6.45, 7) is 1.87. The number of thiazole rings is 1. The maximum Gasteiger partial charge on any atom is 0.434 e. The van der Waals surface area contributed by atoms with E-state index in [0.29, 0.717) is 10.6 Å². The first kappa shape index (κ1) is 14.0. The van der Waals surface area contributed by atoms with Crippen molar-refractivity contribution in [3.8, 4) is 10.6 Å². The van der Waals surface area contributed by atoms with Gasteiger partial charge in [0.1, 0.15) is 5.01 Å². The number of alkyl halides is 3. The van der Waals surface area contributed by atoms with Crippen LogP contribution >= 0.6 is 11.3 Å². The van der Waals surface area contributed by atoms with Gasteiger partial charge in [0, 0.05) is 12.1 Å². The van der Waals surface area contributed by atoms with E-state index in [-0.39, 0.29) is 11.4 Å². The molecular formula is C13H13F3N2S. The van der Waals surface area contributed by atoms with E-state index in [9.17, 15) is 13.2 Å². The lowest BCUT2D eigenvalue weighted by Gasteiger charge is -2.03. The van der Waals surface area contributed by atoms with Gasteiger partial charge in [0.25, 0.3) is 0 Å². The number of rotatable bonds is 3. The van der Waals surface area contributed by atoms with Crippen molar-refractivity contribution >= 4 is 11.3 Å². The maximum absolute atomic E-state index is 12.8. The Balaban J connectivity index is 2.42. The third-order valence-electron chi connectivity index (χ3n) is 2.76. The summed E-state index contributed by atoms with van der Waals surface area (Å²) in [5, 5.41) is 0.357. The van der Waals surface area contributed by atoms with E-state index < -0.39 is 11.9 Å². The Labute approximate surface area is 113 Å². The highest BCUT2D eigenvalue weighted by atomic mass is 32.1. The zero-order valence-corrected chi connectivity index (χ0v) is 11.1. The Morgan fingerprint density at radius 2 is 1.84 bits per heavy atom. The van der Waals surface area contributed by atoms with Crippen LogP contribution in [0.3, 0.4) is 0 Å². The molecule has 0 atom stereocenters. The first-order chi connectivity index (χ1) is 8.95. The summed E-state index contributed by atoms with van der Waals surface area (Å²) in [7, 11) is 0. The molecular weight excluding hydrogens is 273 g/mol. The minimum atomic E-state index is -4.45. The van der Waals surface area contributed by atoms with Crippen LogP contribution < -0.4 is 5.73 Å². The number of aromatic nitrogens is 1. The number of nitrogens with zero attached hydrogens (tertiary/aromatic N) is 1. The normalized spacial score (nSPS) is 11.8. The lowest BCUT2D eigenvalue weighted by atomic mass is 10.1. The predicted octanol–water partition coefficient (Wildman–Crippen LogP) is 3.85. The maximum atomic E-state index is 12.8.